The van der Waals surface area contributed by atoms with E-state index >= 15 is 0 Å². The monoisotopic (exact) mass is 322 g/mol. The normalized spacial score (nSPS) is 33.6. The van der Waals surface area contributed by atoms with Crippen LogP contribution in [0.4, 0.5) is 0 Å². The number of aromatic nitrogens is 2. The number of aromatic amines is 1. The van der Waals surface area contributed by atoms with Gasteiger partial charge >= 0.3 is 5.69 Å². The molecule has 0 aliphatic carbocycles. The third kappa shape index (κ3) is 2.27. The summed E-state index contributed by atoms with van der Waals surface area (Å²) in [6.07, 6.45) is -3.87. The van der Waals surface area contributed by atoms with Crippen molar-refractivity contribution in [3.8, 4) is 0 Å². The smallest absolute Gasteiger partial charge is 0.330 e. The Morgan fingerprint density at radius 3 is 2.56 bits per heavy atom. The molecule has 0 aromatic carbocycles. The number of nitrogens with one attached hydrogen (secondary N) is 1. The van der Waals surface area contributed by atoms with Crippen molar-refractivity contribution in [3.63, 3.8) is 0 Å². The molecule has 0 saturated carbocycles. The molecule has 0 radical (unpaired) electrons. The van der Waals surface area contributed by atoms with Gasteiger partial charge in [-0.25, -0.2) is 4.79 Å². The first-order valence-electron chi connectivity index (χ1n) is 5.07. The van der Waals surface area contributed by atoms with Gasteiger partial charge in [-0.1, -0.05) is 15.9 Å². The van der Waals surface area contributed by atoms with E-state index in [2.05, 4.69) is 15.9 Å². The summed E-state index contributed by atoms with van der Waals surface area (Å²) in [7, 11) is 0. The van der Waals surface area contributed by atoms with Gasteiger partial charge in [-0.05, 0) is 0 Å². The summed E-state index contributed by atoms with van der Waals surface area (Å²) in [5.41, 5.74) is -1.36. The number of H-pyrrole nitrogens is 1. The fourth-order valence-electron chi connectivity index (χ4n) is 1.77. The van der Waals surface area contributed by atoms with Crippen LogP contribution in [0, 0.1) is 0 Å². The maximum absolute atomic E-state index is 11.5. The largest absolute Gasteiger partial charge is 0.387 e. The van der Waals surface area contributed by atoms with Gasteiger partial charge in [0.05, 0.1) is 0 Å². The lowest BCUT2D eigenvalue weighted by atomic mass is 10.1. The van der Waals surface area contributed by atoms with E-state index in [-0.39, 0.29) is 0 Å². The summed E-state index contributed by atoms with van der Waals surface area (Å²) < 4.78 is 6.13. The van der Waals surface area contributed by atoms with Gasteiger partial charge in [-0.15, -0.1) is 0 Å². The van der Waals surface area contributed by atoms with Crippen LogP contribution in [0.2, 0.25) is 0 Å². The molecule has 1 aliphatic heterocycles. The summed E-state index contributed by atoms with van der Waals surface area (Å²) in [6, 6.07) is 1.09. The molecule has 4 N–H and O–H groups in total. The van der Waals surface area contributed by atoms with Crippen molar-refractivity contribution in [2.24, 2.45) is 0 Å². The predicted molar refractivity (Wildman–Crippen MR) is 62.2 cm³/mol. The number of aliphatic hydroxyl groups excluding tert-OH is 3. The number of halogens is 1. The minimum absolute atomic E-state index is 0.582. The van der Waals surface area contributed by atoms with Gasteiger partial charge in [0.2, 0.25) is 0 Å². The zero-order valence-electron chi connectivity index (χ0n) is 8.93. The molecular weight excluding hydrogens is 312 g/mol. The zero-order chi connectivity index (χ0) is 13.4. The number of hydrogen-bond acceptors (Lipinski definition) is 6. The molecule has 1 saturated heterocycles. The number of hydrogen-bond donors (Lipinski definition) is 4. The highest BCUT2D eigenvalue weighted by Crippen LogP contribution is 2.31. The van der Waals surface area contributed by atoms with Crippen LogP contribution in [-0.4, -0.2) is 48.2 Å². The Bertz CT molecular complexity index is 540. The summed E-state index contributed by atoms with van der Waals surface area (Å²) >= 11 is 2.81. The fourth-order valence-corrected chi connectivity index (χ4v) is 2.21. The first kappa shape index (κ1) is 13.4. The van der Waals surface area contributed by atoms with Crippen molar-refractivity contribution in [3.05, 3.63) is 33.1 Å². The van der Waals surface area contributed by atoms with E-state index < -0.39 is 40.8 Å². The van der Waals surface area contributed by atoms with Gasteiger partial charge in [-0.3, -0.25) is 14.3 Å². The van der Waals surface area contributed by atoms with Gasteiger partial charge in [0, 0.05) is 12.3 Å². The number of nitrogens with zero attached hydrogens (tertiary/aromatic N) is 1. The molecule has 1 aromatic heterocycles. The van der Waals surface area contributed by atoms with Gasteiger partial charge in [0.15, 0.2) is 6.23 Å². The Morgan fingerprint density at radius 1 is 1.39 bits per heavy atom. The van der Waals surface area contributed by atoms with E-state index in [9.17, 15) is 24.9 Å². The van der Waals surface area contributed by atoms with Crippen molar-refractivity contribution in [1.29, 1.82) is 0 Å². The number of ether oxygens (including phenoxy) is 1. The number of aliphatic hydroxyl groups is 3. The van der Waals surface area contributed by atoms with Crippen LogP contribution < -0.4 is 11.2 Å². The third-order valence-corrected chi connectivity index (χ3v) is 3.19. The molecule has 1 aliphatic rings. The molecular formula is C9H11BrN2O6. The highest BCUT2D eigenvalue weighted by molar-refractivity contribution is 9.09. The highest BCUT2D eigenvalue weighted by atomic mass is 79.9. The van der Waals surface area contributed by atoms with Crippen molar-refractivity contribution in [2.45, 2.75) is 29.6 Å². The van der Waals surface area contributed by atoms with Crippen LogP contribution in [-0.2, 0) is 4.74 Å². The van der Waals surface area contributed by atoms with E-state index in [1.54, 1.807) is 0 Å². The average Bonchev–Trinajstić information content (AvgIpc) is 2.57. The lowest BCUT2D eigenvalue weighted by Crippen LogP contribution is -2.38. The van der Waals surface area contributed by atoms with Crippen LogP contribution in [0.25, 0.3) is 0 Å². The summed E-state index contributed by atoms with van der Waals surface area (Å²) in [5.74, 6) is 0. The molecule has 8 nitrogen and oxygen atoms in total. The minimum atomic E-state index is -1.40. The standard InChI is InChI=1S/C9H11BrN2O6/c10-7(16)6-4(14)5(15)8(18-6)12-2-1-3(13)11-9(12)17/h1-2,4-8,14-16H,(H,11,13,17)/t4-,5+,6-,7?,8+/m0/s1. The first-order valence-corrected chi connectivity index (χ1v) is 5.98. The molecule has 1 fully saturated rings. The van der Waals surface area contributed by atoms with Gasteiger partial charge in [-0.2, -0.15) is 0 Å². The third-order valence-electron chi connectivity index (χ3n) is 2.67. The quantitative estimate of drug-likeness (QED) is 0.461. The Kier molecular flexibility index (Phi) is 3.69. The van der Waals surface area contributed by atoms with Crippen molar-refractivity contribution in [1.82, 2.24) is 9.55 Å². The SMILES string of the molecule is O=c1ccn([C@@H]2O[C@H](C(O)Br)[C@@H](O)[C@H]2O)c(=O)[nH]1. The van der Waals surface area contributed by atoms with Crippen molar-refractivity contribution in [2.75, 3.05) is 0 Å². The molecule has 100 valence electrons. The molecule has 0 bridgehead atoms. The Balaban J connectivity index is 2.35. The van der Waals surface area contributed by atoms with E-state index in [0.717, 1.165) is 16.8 Å². The minimum Gasteiger partial charge on any atom is -0.387 e. The van der Waals surface area contributed by atoms with Crippen LogP contribution >= 0.6 is 15.9 Å². The average molecular weight is 323 g/mol. The maximum Gasteiger partial charge on any atom is 0.330 e. The molecule has 9 heteroatoms. The van der Waals surface area contributed by atoms with Crippen molar-refractivity contribution >= 4 is 15.9 Å². The maximum atomic E-state index is 11.5. The van der Waals surface area contributed by atoms with Gasteiger partial charge in [0.25, 0.3) is 5.56 Å². The second-order valence-electron chi connectivity index (χ2n) is 3.86. The highest BCUT2D eigenvalue weighted by Gasteiger charge is 2.46. The van der Waals surface area contributed by atoms with E-state index in [1.807, 2.05) is 4.98 Å². The molecule has 2 rings (SSSR count). The van der Waals surface area contributed by atoms with Crippen LogP contribution in [0.1, 0.15) is 6.23 Å². The molecule has 5 atom stereocenters. The van der Waals surface area contributed by atoms with Crippen LogP contribution in [0.15, 0.2) is 21.9 Å². The van der Waals surface area contributed by atoms with Crippen LogP contribution in [0.5, 0.6) is 0 Å². The summed E-state index contributed by atoms with van der Waals surface area (Å²) in [5, 5.41) is 27.5. The Morgan fingerprint density at radius 2 is 2.06 bits per heavy atom. The molecule has 1 unspecified atom stereocenters. The fraction of sp³-hybridized carbons (Fsp3) is 0.556. The second-order valence-corrected chi connectivity index (χ2v) is 4.80. The first-order chi connectivity index (χ1) is 8.41. The van der Waals surface area contributed by atoms with E-state index in [0.29, 0.717) is 0 Å². The second kappa shape index (κ2) is 4.94. The predicted octanol–water partition coefficient (Wildman–Crippen LogP) is -2.13. The molecule has 0 amide bonds. The number of rotatable bonds is 2. The lowest BCUT2D eigenvalue weighted by Gasteiger charge is -2.16. The molecule has 0 spiro atoms. The van der Waals surface area contributed by atoms with Gasteiger partial charge < -0.3 is 20.1 Å². The van der Waals surface area contributed by atoms with E-state index in [4.69, 9.17) is 4.74 Å². The molecule has 1 aromatic rings. The lowest BCUT2D eigenvalue weighted by molar-refractivity contribution is -0.0614. The summed E-state index contributed by atoms with van der Waals surface area (Å²) in [6.45, 7) is 0. The topological polar surface area (TPSA) is 125 Å². The molecule has 18 heavy (non-hydrogen) atoms. The Hall–Kier alpha value is -1.00. The molecule has 2 heterocycles. The zero-order valence-corrected chi connectivity index (χ0v) is 10.5. The van der Waals surface area contributed by atoms with Crippen LogP contribution in [0.3, 0.4) is 0 Å². The Labute approximate surface area is 109 Å². The number of alkyl halides is 1. The van der Waals surface area contributed by atoms with Crippen molar-refractivity contribution < 1.29 is 20.1 Å². The van der Waals surface area contributed by atoms with Gasteiger partial charge in [0.1, 0.15) is 23.3 Å². The van der Waals surface area contributed by atoms with E-state index in [1.165, 1.54) is 0 Å². The summed E-state index contributed by atoms with van der Waals surface area (Å²) in [4.78, 5) is 24.4.